The third kappa shape index (κ3) is 4.30. The molecule has 0 saturated carbocycles. The van der Waals surface area contributed by atoms with Crippen LogP contribution in [0.3, 0.4) is 0 Å². The summed E-state index contributed by atoms with van der Waals surface area (Å²) in [4.78, 5) is 25.7. The van der Waals surface area contributed by atoms with Crippen molar-refractivity contribution in [2.24, 2.45) is 0 Å². The Hall–Kier alpha value is -2.40. The number of amides is 1. The second-order valence-corrected chi connectivity index (χ2v) is 5.36. The number of carbonyl (C=O) groups is 1. The van der Waals surface area contributed by atoms with Crippen molar-refractivity contribution in [1.29, 1.82) is 0 Å². The lowest BCUT2D eigenvalue weighted by molar-refractivity contribution is -0.121. The molecular weight excluding hydrogens is 278 g/mol. The summed E-state index contributed by atoms with van der Waals surface area (Å²) < 4.78 is 1.39. The zero-order valence-corrected chi connectivity index (χ0v) is 12.9. The third-order valence-corrected chi connectivity index (χ3v) is 3.51. The van der Waals surface area contributed by atoms with E-state index in [0.29, 0.717) is 6.54 Å². The highest BCUT2D eigenvalue weighted by atomic mass is 16.2. The molecule has 1 atom stereocenters. The first-order valence-electron chi connectivity index (χ1n) is 7.21. The first-order valence-corrected chi connectivity index (χ1v) is 7.21. The van der Waals surface area contributed by atoms with Gasteiger partial charge in [0.15, 0.2) is 0 Å². The van der Waals surface area contributed by atoms with Gasteiger partial charge < -0.3 is 14.8 Å². The van der Waals surface area contributed by atoms with Crippen molar-refractivity contribution in [3.63, 3.8) is 0 Å². The van der Waals surface area contributed by atoms with Crippen LogP contribution >= 0.6 is 0 Å². The number of hydrogen-bond acceptors (Lipinski definition) is 3. The number of rotatable bonds is 6. The molecule has 1 heterocycles. The molecule has 0 radical (unpaired) electrons. The second-order valence-electron chi connectivity index (χ2n) is 5.36. The number of aromatic nitrogens is 1. The van der Waals surface area contributed by atoms with Crippen LogP contribution < -0.4 is 10.9 Å². The van der Waals surface area contributed by atoms with Gasteiger partial charge in [-0.05, 0) is 25.7 Å². The smallest absolute Gasteiger partial charge is 0.250 e. The minimum absolute atomic E-state index is 0.0363. The van der Waals surface area contributed by atoms with E-state index in [0.717, 1.165) is 5.56 Å². The molecule has 0 aliphatic rings. The van der Waals surface area contributed by atoms with E-state index in [2.05, 4.69) is 10.2 Å². The van der Waals surface area contributed by atoms with Crippen LogP contribution in [0.4, 0.5) is 0 Å². The van der Waals surface area contributed by atoms with Crippen molar-refractivity contribution in [2.45, 2.75) is 12.6 Å². The van der Waals surface area contributed by atoms with Crippen LogP contribution in [0.25, 0.3) is 0 Å². The number of hydrogen-bond donors (Lipinski definition) is 1. The van der Waals surface area contributed by atoms with Crippen LogP contribution in [0, 0.1) is 0 Å². The molecule has 0 aliphatic heterocycles. The van der Waals surface area contributed by atoms with E-state index >= 15 is 0 Å². The molecule has 22 heavy (non-hydrogen) atoms. The molecule has 0 fully saturated rings. The molecule has 0 spiro atoms. The largest absolute Gasteiger partial charge is 0.353 e. The van der Waals surface area contributed by atoms with Crippen LogP contribution in [-0.4, -0.2) is 36.0 Å². The monoisotopic (exact) mass is 299 g/mol. The fourth-order valence-electron chi connectivity index (χ4n) is 2.29. The van der Waals surface area contributed by atoms with Crippen LogP contribution in [0.2, 0.25) is 0 Å². The number of pyridine rings is 1. The Morgan fingerprint density at radius 1 is 1.14 bits per heavy atom. The molecule has 116 valence electrons. The lowest BCUT2D eigenvalue weighted by Crippen LogP contribution is -2.37. The lowest BCUT2D eigenvalue weighted by atomic mass is 10.1. The summed E-state index contributed by atoms with van der Waals surface area (Å²) >= 11 is 0. The van der Waals surface area contributed by atoms with Crippen molar-refractivity contribution in [2.75, 3.05) is 20.6 Å². The summed E-state index contributed by atoms with van der Waals surface area (Å²) in [6.45, 7) is 0.534. The normalized spacial score (nSPS) is 12.1. The van der Waals surface area contributed by atoms with Gasteiger partial charge in [-0.25, -0.2) is 0 Å². The maximum Gasteiger partial charge on any atom is 0.250 e. The summed E-state index contributed by atoms with van der Waals surface area (Å²) in [5.74, 6) is -0.170. The van der Waals surface area contributed by atoms with Crippen molar-refractivity contribution in [1.82, 2.24) is 14.8 Å². The van der Waals surface area contributed by atoms with Crippen LogP contribution in [0.15, 0.2) is 59.5 Å². The molecule has 1 aromatic heterocycles. The van der Waals surface area contributed by atoms with Crippen molar-refractivity contribution < 1.29 is 4.79 Å². The van der Waals surface area contributed by atoms with E-state index in [-0.39, 0.29) is 24.1 Å². The van der Waals surface area contributed by atoms with Gasteiger partial charge in [0.1, 0.15) is 6.54 Å². The topological polar surface area (TPSA) is 54.3 Å². The number of carbonyl (C=O) groups excluding carboxylic acids is 1. The number of benzene rings is 1. The van der Waals surface area contributed by atoms with Gasteiger partial charge >= 0.3 is 0 Å². The zero-order chi connectivity index (χ0) is 15.9. The molecule has 5 heteroatoms. The first kappa shape index (κ1) is 16.0. The minimum atomic E-state index is -0.176. The maximum atomic E-state index is 12.0. The molecule has 0 saturated heterocycles. The van der Waals surface area contributed by atoms with Crippen LogP contribution in [0.1, 0.15) is 11.6 Å². The molecule has 0 aliphatic carbocycles. The van der Waals surface area contributed by atoms with Crippen molar-refractivity contribution in [3.05, 3.63) is 70.6 Å². The quantitative estimate of drug-likeness (QED) is 0.874. The molecule has 1 amide bonds. The average molecular weight is 299 g/mol. The Bertz CT molecular complexity index is 665. The number of nitrogens with zero attached hydrogens (tertiary/aromatic N) is 2. The van der Waals surface area contributed by atoms with Gasteiger partial charge in [0.25, 0.3) is 5.56 Å². The highest BCUT2D eigenvalue weighted by Crippen LogP contribution is 2.16. The second kappa shape index (κ2) is 7.56. The zero-order valence-electron chi connectivity index (χ0n) is 12.9. The Labute approximate surface area is 130 Å². The molecular formula is C17H21N3O2. The van der Waals surface area contributed by atoms with Gasteiger partial charge in [0.2, 0.25) is 5.91 Å². The third-order valence-electron chi connectivity index (χ3n) is 3.51. The molecule has 2 rings (SSSR count). The molecule has 2 aromatic rings. The number of likely N-dealkylation sites (N-methyl/N-ethyl adjacent to an activating group) is 1. The van der Waals surface area contributed by atoms with E-state index in [1.165, 1.54) is 10.6 Å². The van der Waals surface area contributed by atoms with E-state index in [1.807, 2.05) is 44.4 Å². The molecule has 1 unspecified atom stereocenters. The highest BCUT2D eigenvalue weighted by Gasteiger charge is 2.15. The van der Waals surface area contributed by atoms with E-state index in [1.54, 1.807) is 18.3 Å². The summed E-state index contributed by atoms with van der Waals surface area (Å²) in [6.07, 6.45) is 1.61. The van der Waals surface area contributed by atoms with Gasteiger partial charge in [-0.1, -0.05) is 36.4 Å². The first-order chi connectivity index (χ1) is 10.6. The van der Waals surface area contributed by atoms with Gasteiger partial charge in [0.05, 0.1) is 6.04 Å². The Morgan fingerprint density at radius 3 is 2.45 bits per heavy atom. The van der Waals surface area contributed by atoms with E-state index in [4.69, 9.17) is 0 Å². The van der Waals surface area contributed by atoms with Gasteiger partial charge in [-0.3, -0.25) is 9.59 Å². The van der Waals surface area contributed by atoms with Crippen molar-refractivity contribution >= 4 is 5.91 Å². The van der Waals surface area contributed by atoms with Crippen LogP contribution in [0.5, 0.6) is 0 Å². The highest BCUT2D eigenvalue weighted by molar-refractivity contribution is 5.75. The summed E-state index contributed by atoms with van der Waals surface area (Å²) in [5, 5.41) is 2.90. The van der Waals surface area contributed by atoms with Gasteiger partial charge in [0, 0.05) is 18.8 Å². The van der Waals surface area contributed by atoms with E-state index < -0.39 is 0 Å². The maximum absolute atomic E-state index is 12.0. The minimum Gasteiger partial charge on any atom is -0.353 e. The summed E-state index contributed by atoms with van der Waals surface area (Å²) in [5.41, 5.74) is 0.967. The predicted octanol–water partition coefficient (Wildman–Crippen LogP) is 1.27. The molecule has 1 N–H and O–H groups in total. The fourth-order valence-corrected chi connectivity index (χ4v) is 2.29. The van der Waals surface area contributed by atoms with Gasteiger partial charge in [-0.15, -0.1) is 0 Å². The van der Waals surface area contributed by atoms with E-state index in [9.17, 15) is 9.59 Å². The Morgan fingerprint density at radius 2 is 1.82 bits per heavy atom. The van der Waals surface area contributed by atoms with Crippen LogP contribution in [-0.2, 0) is 11.3 Å². The standard InChI is InChI=1S/C17H21N3O2/c1-19(2)15(14-8-4-3-5-9-14)12-18-16(21)13-20-11-7-6-10-17(20)22/h3-11,15H,12-13H2,1-2H3,(H,18,21). The Balaban J connectivity index is 1.97. The summed E-state index contributed by atoms with van der Waals surface area (Å²) in [6, 6.07) is 15.0. The van der Waals surface area contributed by atoms with Gasteiger partial charge in [-0.2, -0.15) is 0 Å². The average Bonchev–Trinajstić information content (AvgIpc) is 2.50. The molecule has 0 bridgehead atoms. The molecule has 1 aromatic carbocycles. The lowest BCUT2D eigenvalue weighted by Gasteiger charge is -2.25. The molecule has 5 nitrogen and oxygen atoms in total. The van der Waals surface area contributed by atoms with Crippen molar-refractivity contribution in [3.8, 4) is 0 Å². The Kier molecular flexibility index (Phi) is 5.49. The predicted molar refractivity (Wildman–Crippen MR) is 86.6 cm³/mol. The summed E-state index contributed by atoms with van der Waals surface area (Å²) in [7, 11) is 3.96. The fraction of sp³-hybridized carbons (Fsp3) is 0.294. The SMILES string of the molecule is CN(C)C(CNC(=O)Cn1ccccc1=O)c1ccccc1. The number of nitrogens with one attached hydrogen (secondary N) is 1.